The van der Waals surface area contributed by atoms with Crippen molar-refractivity contribution in [2.24, 2.45) is 0 Å². The number of hydrogen-bond donors (Lipinski definition) is 3. The van der Waals surface area contributed by atoms with Crippen LogP contribution in [0.3, 0.4) is 0 Å². The summed E-state index contributed by atoms with van der Waals surface area (Å²) < 4.78 is 77.8. The Hall–Kier alpha value is -7.30. The number of carbonyl (C=O) groups excluding carboxylic acids is 3. The molecule has 436 valence electrons. The first kappa shape index (κ1) is 61.3. The molecule has 0 atom stereocenters. The van der Waals surface area contributed by atoms with Crippen molar-refractivity contribution in [2.45, 2.75) is 144 Å². The number of aromatic nitrogens is 10. The third kappa shape index (κ3) is 16.4. The molecule has 8 rings (SSSR count). The number of fused-ring (bicyclic) bond motifs is 4. The Bertz CT molecular complexity index is 3540. The van der Waals surface area contributed by atoms with Gasteiger partial charge in [-0.1, -0.05) is 39.3 Å². The van der Waals surface area contributed by atoms with E-state index in [1.807, 2.05) is 41.5 Å². The fourth-order valence-electron chi connectivity index (χ4n) is 8.24. The molecule has 0 radical (unpaired) electrons. The highest BCUT2D eigenvalue weighted by molar-refractivity contribution is 6.76. The molecular formula is C55H73F4N13O7Si2. The first-order valence-electron chi connectivity index (χ1n) is 26.4. The van der Waals surface area contributed by atoms with Crippen molar-refractivity contribution in [1.82, 2.24) is 64.6 Å². The maximum atomic E-state index is 13.4. The number of aromatic amines is 1. The Morgan fingerprint density at radius 2 is 1.15 bits per heavy atom. The highest BCUT2D eigenvalue weighted by atomic mass is 28.3. The van der Waals surface area contributed by atoms with Gasteiger partial charge in [0, 0.05) is 84.1 Å². The van der Waals surface area contributed by atoms with E-state index in [0.717, 1.165) is 12.1 Å². The van der Waals surface area contributed by atoms with Crippen molar-refractivity contribution in [3.63, 3.8) is 0 Å². The number of amides is 3. The fraction of sp³-hybridized carbons (Fsp3) is 0.473. The molecule has 0 unspecified atom stereocenters. The summed E-state index contributed by atoms with van der Waals surface area (Å²) in [6.45, 7) is 21.0. The summed E-state index contributed by atoms with van der Waals surface area (Å²) in [6.07, 6.45) is 6.64. The number of nitrogens with one attached hydrogen (secondary N) is 3. The standard InChI is InChI=1S/C30H41F2N7O4Si.C25H32F2N6O3Si/c1-30(2,3)35-28(41)21-17-38(18-42-13-14-44(6,7)8)27-26(21)34-22(16-33-27)25-20-15-19(43-29(31)32)9-10-23(20)39(36-25)12-11-24(40)37(4)5;1-25(2,3)30-23(34)17-13-33(14-35-9-10-37(4,5)6)22-21(17)29-19(12-28-22)20-16-11-15(36-24(26)27)7-8-18(16)31-32-20/h9-10,15-17,29H,11-14,18H2,1-8H3,(H,35,41);7-8,11-13,24H,9-10,14H2,1-6H3,(H,30,34)(H,31,32). The summed E-state index contributed by atoms with van der Waals surface area (Å²) >= 11 is 0. The minimum atomic E-state index is -3.00. The zero-order chi connectivity index (χ0) is 59.4. The second-order valence-corrected chi connectivity index (χ2v) is 35.6. The summed E-state index contributed by atoms with van der Waals surface area (Å²) in [5.41, 5.74) is 4.13. The Kier molecular flexibility index (Phi) is 18.8. The molecule has 0 aliphatic rings. The molecule has 2 aromatic carbocycles. The van der Waals surface area contributed by atoms with Crippen LogP contribution in [-0.2, 0) is 34.3 Å². The molecule has 3 amide bonds. The van der Waals surface area contributed by atoms with E-state index < -0.39 is 40.4 Å². The van der Waals surface area contributed by atoms with Gasteiger partial charge < -0.3 is 43.6 Å². The average molecular weight is 1160 g/mol. The van der Waals surface area contributed by atoms with E-state index in [2.05, 4.69) is 79.6 Å². The van der Waals surface area contributed by atoms with Crippen molar-refractivity contribution in [3.05, 3.63) is 72.3 Å². The summed E-state index contributed by atoms with van der Waals surface area (Å²) in [5.74, 6) is -0.731. The highest BCUT2D eigenvalue weighted by Crippen LogP contribution is 2.34. The van der Waals surface area contributed by atoms with Crippen LogP contribution in [0.15, 0.2) is 61.2 Å². The molecule has 8 aromatic rings. The monoisotopic (exact) mass is 1160 g/mol. The van der Waals surface area contributed by atoms with Crippen molar-refractivity contribution in [2.75, 3.05) is 27.3 Å². The van der Waals surface area contributed by atoms with Crippen LogP contribution in [-0.4, -0.2) is 139 Å². The topological polar surface area (TPSA) is 223 Å². The van der Waals surface area contributed by atoms with Gasteiger partial charge in [0.15, 0.2) is 11.3 Å². The van der Waals surface area contributed by atoms with E-state index in [9.17, 15) is 31.9 Å². The number of nitrogens with zero attached hydrogens (tertiary/aromatic N) is 10. The molecule has 0 spiro atoms. The van der Waals surface area contributed by atoms with Crippen molar-refractivity contribution < 1.29 is 50.9 Å². The molecule has 20 nitrogen and oxygen atoms in total. The maximum Gasteiger partial charge on any atom is 0.387 e. The van der Waals surface area contributed by atoms with Gasteiger partial charge in [-0.2, -0.15) is 27.8 Å². The predicted molar refractivity (Wildman–Crippen MR) is 308 cm³/mol. The van der Waals surface area contributed by atoms with E-state index >= 15 is 0 Å². The Morgan fingerprint density at radius 3 is 1.60 bits per heavy atom. The first-order valence-corrected chi connectivity index (χ1v) is 33.9. The molecule has 0 aliphatic carbocycles. The molecule has 6 heterocycles. The smallest absolute Gasteiger partial charge is 0.387 e. The normalized spacial score (nSPS) is 12.4. The van der Waals surface area contributed by atoms with Crippen LogP contribution in [0.5, 0.6) is 11.5 Å². The molecule has 26 heteroatoms. The van der Waals surface area contributed by atoms with Gasteiger partial charge in [0.25, 0.3) is 11.8 Å². The molecule has 0 saturated carbocycles. The van der Waals surface area contributed by atoms with Crippen LogP contribution < -0.4 is 20.1 Å². The number of aryl methyl sites for hydroxylation is 1. The number of halogens is 4. The largest absolute Gasteiger partial charge is 0.435 e. The molecule has 81 heavy (non-hydrogen) atoms. The number of rotatable bonds is 21. The zero-order valence-electron chi connectivity index (χ0n) is 48.4. The predicted octanol–water partition coefficient (Wildman–Crippen LogP) is 10.8. The molecule has 3 N–H and O–H groups in total. The van der Waals surface area contributed by atoms with Gasteiger partial charge in [-0.15, -0.1) is 0 Å². The average Bonchev–Trinajstić information content (AvgIpc) is 4.35. The van der Waals surface area contributed by atoms with Crippen LogP contribution in [0.1, 0.15) is 68.7 Å². The lowest BCUT2D eigenvalue weighted by atomic mass is 10.1. The van der Waals surface area contributed by atoms with Gasteiger partial charge in [0.1, 0.15) is 58.8 Å². The van der Waals surface area contributed by atoms with Crippen molar-refractivity contribution in [3.8, 4) is 34.3 Å². The number of hydrogen-bond acceptors (Lipinski definition) is 13. The number of alkyl halides is 4. The third-order valence-corrected chi connectivity index (χ3v) is 15.7. The van der Waals surface area contributed by atoms with Gasteiger partial charge in [-0.05, 0) is 90.0 Å². The van der Waals surface area contributed by atoms with E-state index in [1.165, 1.54) is 35.4 Å². The van der Waals surface area contributed by atoms with Crippen molar-refractivity contribution in [1.29, 1.82) is 0 Å². The molecular weight excluding hydrogens is 1090 g/mol. The second kappa shape index (κ2) is 24.8. The van der Waals surface area contributed by atoms with E-state index in [-0.39, 0.29) is 55.6 Å². The lowest BCUT2D eigenvalue weighted by Gasteiger charge is -2.20. The molecule has 0 bridgehead atoms. The summed E-state index contributed by atoms with van der Waals surface area (Å²) in [7, 11) is 0.801. The van der Waals surface area contributed by atoms with Crippen molar-refractivity contribution >= 4 is 78.0 Å². The fourth-order valence-corrected chi connectivity index (χ4v) is 9.76. The lowest BCUT2D eigenvalue weighted by Crippen LogP contribution is -2.40. The lowest BCUT2D eigenvalue weighted by molar-refractivity contribution is -0.128. The number of ether oxygens (including phenoxy) is 4. The van der Waals surface area contributed by atoms with Gasteiger partial charge in [-0.3, -0.25) is 24.2 Å². The van der Waals surface area contributed by atoms with E-state index in [4.69, 9.17) is 24.5 Å². The number of carbonyl (C=O) groups is 3. The number of benzene rings is 2. The maximum absolute atomic E-state index is 13.4. The summed E-state index contributed by atoms with van der Waals surface area (Å²) in [4.78, 5) is 59.2. The Labute approximate surface area is 469 Å². The highest BCUT2D eigenvalue weighted by Gasteiger charge is 2.27. The van der Waals surface area contributed by atoms with E-state index in [1.54, 1.807) is 58.6 Å². The van der Waals surface area contributed by atoms with Crippen LogP contribution in [0.4, 0.5) is 17.6 Å². The van der Waals surface area contributed by atoms with Crippen LogP contribution >= 0.6 is 0 Å². The van der Waals surface area contributed by atoms with Gasteiger partial charge in [0.2, 0.25) is 5.91 Å². The number of H-pyrrole nitrogens is 1. The first-order chi connectivity index (χ1) is 37.8. The summed E-state index contributed by atoms with van der Waals surface area (Å²) in [6, 6.07) is 11.0. The quantitative estimate of drug-likeness (QED) is 0.0346. The minimum absolute atomic E-state index is 0.00560. The van der Waals surface area contributed by atoms with Gasteiger partial charge in [0.05, 0.1) is 41.1 Å². The third-order valence-electron chi connectivity index (χ3n) is 12.3. The summed E-state index contributed by atoms with van der Waals surface area (Å²) in [5, 5.41) is 18.9. The second-order valence-electron chi connectivity index (χ2n) is 24.3. The molecule has 0 saturated heterocycles. The van der Waals surface area contributed by atoms with Crippen LogP contribution in [0.2, 0.25) is 51.4 Å². The van der Waals surface area contributed by atoms with Gasteiger partial charge >= 0.3 is 13.2 Å². The van der Waals surface area contributed by atoms with Crippen LogP contribution in [0.25, 0.3) is 66.9 Å². The SMILES string of the molecule is CC(C)(C)NC(=O)c1cn(COCC[Si](C)(C)C)c2ncc(-c3n[nH]c4ccc(OC(F)F)cc34)nc12.CN(C)C(=O)CCn1nc(-c2cnc3c(n2)c(C(=O)NC(C)(C)C)cn3COCC[Si](C)(C)C)c2cc(OC(F)F)ccc21. The van der Waals surface area contributed by atoms with Crippen LogP contribution in [0, 0.1) is 0 Å². The van der Waals surface area contributed by atoms with E-state index in [0.29, 0.717) is 91.2 Å². The molecule has 0 aliphatic heterocycles. The van der Waals surface area contributed by atoms with Gasteiger partial charge in [-0.25, -0.2) is 19.9 Å². The Balaban J connectivity index is 0.000000237. The minimum Gasteiger partial charge on any atom is -0.435 e. The Morgan fingerprint density at radius 1 is 0.679 bits per heavy atom. The molecule has 0 fully saturated rings. The zero-order valence-corrected chi connectivity index (χ0v) is 50.4. The molecule has 6 aromatic heterocycles.